The van der Waals surface area contributed by atoms with Gasteiger partial charge in [0.15, 0.2) is 11.7 Å². The third-order valence-electron chi connectivity index (χ3n) is 7.54. The molecule has 0 radical (unpaired) electrons. The van der Waals surface area contributed by atoms with Crippen molar-refractivity contribution in [1.29, 1.82) is 0 Å². The molecule has 14 heteroatoms. The highest BCUT2D eigenvalue weighted by Crippen LogP contribution is 2.35. The summed E-state index contributed by atoms with van der Waals surface area (Å²) in [5.74, 6) is -0.984. The van der Waals surface area contributed by atoms with Gasteiger partial charge in [-0.2, -0.15) is 0 Å². The molecule has 1 aromatic heterocycles. The van der Waals surface area contributed by atoms with E-state index < -0.39 is 23.6 Å². The molecule has 0 bridgehead atoms. The lowest BCUT2D eigenvalue weighted by atomic mass is 10.1. The largest absolute Gasteiger partial charge is 0.457 e. The summed E-state index contributed by atoms with van der Waals surface area (Å²) >= 11 is 1.50. The van der Waals surface area contributed by atoms with Crippen molar-refractivity contribution < 1.29 is 33.0 Å². The summed E-state index contributed by atoms with van der Waals surface area (Å²) in [5.41, 5.74) is 1.20. The first kappa shape index (κ1) is 30.5. The number of likely N-dealkylation sites (tertiary alicyclic amines) is 1. The number of carbonyl (C=O) groups excluding carboxylic acids is 3. The quantitative estimate of drug-likeness (QED) is 0.281. The molecule has 12 nitrogen and oxygen atoms in total. The Hall–Kier alpha value is -4.53. The second-order valence-electron chi connectivity index (χ2n) is 10.8. The zero-order valence-electron chi connectivity index (χ0n) is 24.3. The molecule has 0 unspecified atom stereocenters. The highest BCUT2D eigenvalue weighted by atomic mass is 32.1. The summed E-state index contributed by atoms with van der Waals surface area (Å²) in [6, 6.07) is 13.0. The van der Waals surface area contributed by atoms with Crippen LogP contribution in [0.2, 0.25) is 0 Å². The van der Waals surface area contributed by atoms with Crippen LogP contribution in [0.1, 0.15) is 28.1 Å². The van der Waals surface area contributed by atoms with Crippen LogP contribution in [0.15, 0.2) is 65.0 Å². The molecule has 6 rings (SSSR count). The molecule has 0 aliphatic carbocycles. The molecule has 0 saturated carbocycles. The molecule has 3 aromatic rings. The van der Waals surface area contributed by atoms with E-state index in [1.807, 2.05) is 11.4 Å². The van der Waals surface area contributed by atoms with Crippen LogP contribution in [0, 0.1) is 5.82 Å². The van der Waals surface area contributed by atoms with Crippen molar-refractivity contribution >= 4 is 40.7 Å². The van der Waals surface area contributed by atoms with Gasteiger partial charge in [-0.05, 0) is 61.0 Å². The number of hydrogen-bond acceptors (Lipinski definition) is 10. The van der Waals surface area contributed by atoms with Gasteiger partial charge in [-0.25, -0.2) is 4.39 Å². The normalized spacial score (nSPS) is 18.6. The summed E-state index contributed by atoms with van der Waals surface area (Å²) in [4.78, 5) is 46.3. The SMILES string of the molecule is O=C(NCC(=O)N1CC2(C[C@H]1C(=O)NCc1cc(NC3=NCCCN3)cs1)OCCO2)c1ccc(Oc2ccc(F)cc2)cc1. The zero-order valence-corrected chi connectivity index (χ0v) is 25.2. The Morgan fingerprint density at radius 1 is 1.07 bits per heavy atom. The third-order valence-corrected chi connectivity index (χ3v) is 8.48. The number of nitrogens with zero attached hydrogens (tertiary/aromatic N) is 2. The summed E-state index contributed by atoms with van der Waals surface area (Å²) in [6.45, 7) is 2.45. The zero-order chi connectivity index (χ0) is 31.2. The maximum Gasteiger partial charge on any atom is 0.251 e. The Kier molecular flexibility index (Phi) is 9.23. The van der Waals surface area contributed by atoms with Gasteiger partial charge < -0.3 is 40.4 Å². The molecule has 1 spiro atoms. The van der Waals surface area contributed by atoms with Gasteiger partial charge in [0, 0.05) is 35.3 Å². The van der Waals surface area contributed by atoms with Gasteiger partial charge in [0.2, 0.25) is 11.8 Å². The fourth-order valence-electron chi connectivity index (χ4n) is 5.30. The van der Waals surface area contributed by atoms with E-state index in [9.17, 15) is 18.8 Å². The lowest BCUT2D eigenvalue weighted by Gasteiger charge is -2.24. The molecular weight excluding hydrogens is 603 g/mol. The Bertz CT molecular complexity index is 1560. The summed E-state index contributed by atoms with van der Waals surface area (Å²) in [6.07, 6.45) is 1.19. The van der Waals surface area contributed by atoms with Crippen LogP contribution in [0.4, 0.5) is 10.1 Å². The van der Waals surface area contributed by atoms with E-state index in [-0.39, 0.29) is 37.8 Å². The molecule has 2 fully saturated rings. The molecule has 3 aliphatic rings. The number of anilines is 1. The van der Waals surface area contributed by atoms with E-state index in [4.69, 9.17) is 14.2 Å². The predicted molar refractivity (Wildman–Crippen MR) is 165 cm³/mol. The summed E-state index contributed by atoms with van der Waals surface area (Å²) < 4.78 is 30.4. The average Bonchev–Trinajstić information content (AvgIpc) is 3.81. The van der Waals surface area contributed by atoms with E-state index in [0.29, 0.717) is 30.3 Å². The molecule has 45 heavy (non-hydrogen) atoms. The number of benzene rings is 2. The maximum atomic E-state index is 13.4. The number of amides is 3. The second-order valence-corrected chi connectivity index (χ2v) is 11.8. The number of carbonyl (C=O) groups is 3. The highest BCUT2D eigenvalue weighted by Gasteiger charge is 2.52. The van der Waals surface area contributed by atoms with Crippen LogP contribution >= 0.6 is 11.3 Å². The van der Waals surface area contributed by atoms with Crippen molar-refractivity contribution in [3.63, 3.8) is 0 Å². The first-order chi connectivity index (χ1) is 21.9. The number of rotatable bonds is 9. The van der Waals surface area contributed by atoms with Crippen LogP contribution in [0.25, 0.3) is 0 Å². The third kappa shape index (κ3) is 7.59. The Morgan fingerprint density at radius 2 is 1.80 bits per heavy atom. The number of halogens is 1. The van der Waals surface area contributed by atoms with Crippen molar-refractivity contribution in [1.82, 2.24) is 20.9 Å². The molecule has 3 amide bonds. The molecule has 2 saturated heterocycles. The number of aliphatic imine (C=N–C) groups is 1. The number of ether oxygens (including phenoxy) is 3. The van der Waals surface area contributed by atoms with E-state index in [0.717, 1.165) is 36.0 Å². The van der Waals surface area contributed by atoms with E-state index in [1.54, 1.807) is 24.3 Å². The van der Waals surface area contributed by atoms with E-state index >= 15 is 0 Å². The Balaban J connectivity index is 1.03. The Morgan fingerprint density at radius 3 is 2.51 bits per heavy atom. The van der Waals surface area contributed by atoms with Crippen LogP contribution in [-0.4, -0.2) is 79.8 Å². The Labute approximate surface area is 262 Å². The first-order valence-corrected chi connectivity index (χ1v) is 15.5. The van der Waals surface area contributed by atoms with Crippen molar-refractivity contribution in [3.8, 4) is 11.5 Å². The molecule has 4 N–H and O–H groups in total. The van der Waals surface area contributed by atoms with Gasteiger partial charge in [-0.3, -0.25) is 19.4 Å². The lowest BCUT2D eigenvalue weighted by molar-refractivity contribution is -0.152. The monoisotopic (exact) mass is 636 g/mol. The standard InChI is InChI=1S/C31H33FN6O6S/c32-21-4-8-24(9-5-21)44-23-6-2-20(3-7-23)28(40)36-17-27(39)38-19-31(42-12-13-43-31)15-26(38)29(41)35-16-25-14-22(18-45-25)37-30-33-10-1-11-34-30/h2-9,14,18,26H,1,10-13,15-17,19H2,(H,35,41)(H,36,40)(H2,33,34,37)/t26-/m0/s1. The lowest BCUT2D eigenvalue weighted by Crippen LogP contribution is -2.49. The van der Waals surface area contributed by atoms with E-state index in [1.165, 1.54) is 40.5 Å². The average molecular weight is 637 g/mol. The van der Waals surface area contributed by atoms with Crippen molar-refractivity contribution in [3.05, 3.63) is 76.2 Å². The van der Waals surface area contributed by atoms with E-state index in [2.05, 4.69) is 26.3 Å². The van der Waals surface area contributed by atoms with Gasteiger partial charge in [-0.15, -0.1) is 11.3 Å². The molecule has 236 valence electrons. The van der Waals surface area contributed by atoms with Crippen molar-refractivity contribution in [2.24, 2.45) is 4.99 Å². The predicted octanol–water partition coefficient (Wildman–Crippen LogP) is 2.83. The molecule has 1 atom stereocenters. The second kappa shape index (κ2) is 13.6. The molecule has 2 aromatic carbocycles. The fraction of sp³-hybridized carbons (Fsp3) is 0.355. The first-order valence-electron chi connectivity index (χ1n) is 14.7. The smallest absolute Gasteiger partial charge is 0.251 e. The van der Waals surface area contributed by atoms with Crippen molar-refractivity contribution in [2.75, 3.05) is 44.7 Å². The minimum atomic E-state index is -1.05. The van der Waals surface area contributed by atoms with Gasteiger partial charge in [0.05, 0.1) is 38.5 Å². The highest BCUT2D eigenvalue weighted by molar-refractivity contribution is 7.10. The van der Waals surface area contributed by atoms with Crippen LogP contribution in [-0.2, 0) is 25.6 Å². The molecule has 4 heterocycles. The number of hydrogen-bond donors (Lipinski definition) is 4. The summed E-state index contributed by atoms with van der Waals surface area (Å²) in [5, 5.41) is 14.0. The van der Waals surface area contributed by atoms with Gasteiger partial charge in [0.1, 0.15) is 23.4 Å². The minimum absolute atomic E-state index is 0.0807. The summed E-state index contributed by atoms with van der Waals surface area (Å²) in [7, 11) is 0. The molecular formula is C31H33FN6O6S. The van der Waals surface area contributed by atoms with Crippen molar-refractivity contribution in [2.45, 2.75) is 31.2 Å². The van der Waals surface area contributed by atoms with Crippen LogP contribution < -0.4 is 26.0 Å². The maximum absolute atomic E-state index is 13.4. The fourth-order valence-corrected chi connectivity index (χ4v) is 6.05. The number of thiophene rings is 1. The topological polar surface area (TPSA) is 143 Å². The molecule has 3 aliphatic heterocycles. The van der Waals surface area contributed by atoms with Gasteiger partial charge in [0.25, 0.3) is 5.91 Å². The van der Waals surface area contributed by atoms with Crippen LogP contribution in [0.3, 0.4) is 0 Å². The minimum Gasteiger partial charge on any atom is -0.457 e. The number of guanidine groups is 1. The number of nitrogens with one attached hydrogen (secondary N) is 4. The van der Waals surface area contributed by atoms with Crippen LogP contribution in [0.5, 0.6) is 11.5 Å². The van der Waals surface area contributed by atoms with Gasteiger partial charge in [-0.1, -0.05) is 0 Å². The van der Waals surface area contributed by atoms with Gasteiger partial charge >= 0.3 is 0 Å².